The largest absolute Gasteiger partial charge is 0.458 e. The molecule has 1 aromatic carbocycles. The van der Waals surface area contributed by atoms with Gasteiger partial charge in [-0.3, -0.25) is 0 Å². The van der Waals surface area contributed by atoms with Crippen LogP contribution >= 0.6 is 11.6 Å². The Bertz CT molecular complexity index is 522. The van der Waals surface area contributed by atoms with Gasteiger partial charge < -0.3 is 9.52 Å². The lowest BCUT2D eigenvalue weighted by Gasteiger charge is -2.04. The minimum Gasteiger partial charge on any atom is -0.458 e. The van der Waals surface area contributed by atoms with E-state index in [1.54, 1.807) is 12.1 Å². The lowest BCUT2D eigenvalue weighted by atomic mass is 10.1. The van der Waals surface area contributed by atoms with E-state index < -0.39 is 6.10 Å². The van der Waals surface area contributed by atoms with Gasteiger partial charge in [-0.15, -0.1) is 0 Å². The lowest BCUT2D eigenvalue weighted by molar-refractivity contribution is 0.147. The smallest absolute Gasteiger partial charge is 0.136 e. The monoisotopic (exact) mass is 254 g/mol. The van der Waals surface area contributed by atoms with Crippen molar-refractivity contribution in [1.82, 2.24) is 0 Å². The molecule has 90 valence electrons. The van der Waals surface area contributed by atoms with Crippen molar-refractivity contribution in [3.8, 4) is 11.3 Å². The van der Waals surface area contributed by atoms with Crippen molar-refractivity contribution >= 4 is 11.6 Å². The van der Waals surface area contributed by atoms with E-state index >= 15 is 0 Å². The van der Waals surface area contributed by atoms with E-state index in [9.17, 15) is 9.50 Å². The molecule has 2 rings (SSSR count). The SMILES string of the molecule is CCC(O)c1ccc(-c2cc(F)ccc2Cl)o1. The first-order valence-corrected chi connectivity index (χ1v) is 5.73. The number of halogens is 2. The van der Waals surface area contributed by atoms with Crippen LogP contribution in [0.1, 0.15) is 25.2 Å². The maximum absolute atomic E-state index is 13.1. The molecule has 1 aromatic heterocycles. The third-order valence-corrected chi connectivity index (χ3v) is 2.87. The maximum Gasteiger partial charge on any atom is 0.136 e. The van der Waals surface area contributed by atoms with E-state index in [4.69, 9.17) is 16.0 Å². The lowest BCUT2D eigenvalue weighted by Crippen LogP contribution is -1.91. The second-order valence-corrected chi connectivity index (χ2v) is 4.16. The highest BCUT2D eigenvalue weighted by Crippen LogP contribution is 2.31. The summed E-state index contributed by atoms with van der Waals surface area (Å²) >= 11 is 5.96. The zero-order chi connectivity index (χ0) is 12.4. The van der Waals surface area contributed by atoms with Gasteiger partial charge in [-0.05, 0) is 36.8 Å². The molecule has 2 aromatic rings. The van der Waals surface area contributed by atoms with Crippen molar-refractivity contribution in [2.45, 2.75) is 19.4 Å². The third kappa shape index (κ3) is 2.51. The van der Waals surface area contributed by atoms with E-state index in [0.29, 0.717) is 28.5 Å². The normalized spacial score (nSPS) is 12.7. The quantitative estimate of drug-likeness (QED) is 0.891. The Morgan fingerprint density at radius 3 is 2.82 bits per heavy atom. The van der Waals surface area contributed by atoms with E-state index in [1.165, 1.54) is 18.2 Å². The Morgan fingerprint density at radius 1 is 1.35 bits per heavy atom. The van der Waals surface area contributed by atoms with Gasteiger partial charge in [-0.1, -0.05) is 18.5 Å². The fraction of sp³-hybridized carbons (Fsp3) is 0.231. The van der Waals surface area contributed by atoms with Crippen LogP contribution < -0.4 is 0 Å². The summed E-state index contributed by atoms with van der Waals surface area (Å²) in [6, 6.07) is 7.42. The fourth-order valence-corrected chi connectivity index (χ4v) is 1.77. The van der Waals surface area contributed by atoms with Gasteiger partial charge >= 0.3 is 0 Å². The molecule has 1 unspecified atom stereocenters. The molecule has 0 bridgehead atoms. The van der Waals surface area contributed by atoms with Crippen LogP contribution in [0.15, 0.2) is 34.7 Å². The van der Waals surface area contributed by atoms with Crippen molar-refractivity contribution < 1.29 is 13.9 Å². The molecule has 0 amide bonds. The molecule has 0 radical (unpaired) electrons. The number of rotatable bonds is 3. The van der Waals surface area contributed by atoms with Crippen molar-refractivity contribution in [2.75, 3.05) is 0 Å². The van der Waals surface area contributed by atoms with Crippen LogP contribution in [0.5, 0.6) is 0 Å². The second-order valence-electron chi connectivity index (χ2n) is 3.75. The molecule has 0 saturated heterocycles. The van der Waals surface area contributed by atoms with Gasteiger partial charge in [0.2, 0.25) is 0 Å². The average Bonchev–Trinajstić information content (AvgIpc) is 2.80. The highest BCUT2D eigenvalue weighted by atomic mass is 35.5. The summed E-state index contributed by atoms with van der Waals surface area (Å²) in [7, 11) is 0. The molecule has 0 aliphatic carbocycles. The zero-order valence-electron chi connectivity index (χ0n) is 9.28. The summed E-state index contributed by atoms with van der Waals surface area (Å²) in [5.41, 5.74) is 0.487. The second kappa shape index (κ2) is 4.90. The van der Waals surface area contributed by atoms with E-state index in [0.717, 1.165) is 0 Å². The third-order valence-electron chi connectivity index (χ3n) is 2.54. The number of aliphatic hydroxyl groups excluding tert-OH is 1. The average molecular weight is 255 g/mol. The highest BCUT2D eigenvalue weighted by molar-refractivity contribution is 6.33. The molecule has 1 N–H and O–H groups in total. The number of benzene rings is 1. The van der Waals surface area contributed by atoms with Gasteiger partial charge in [0.1, 0.15) is 23.4 Å². The molecule has 0 aliphatic heterocycles. The minimum atomic E-state index is -0.643. The molecule has 1 heterocycles. The summed E-state index contributed by atoms with van der Waals surface area (Å²) in [4.78, 5) is 0. The number of aliphatic hydroxyl groups is 1. The Morgan fingerprint density at radius 2 is 2.12 bits per heavy atom. The van der Waals surface area contributed by atoms with Gasteiger partial charge in [0, 0.05) is 5.56 Å². The van der Waals surface area contributed by atoms with Crippen molar-refractivity contribution in [3.05, 3.63) is 46.9 Å². The molecule has 0 aliphatic rings. The molecule has 2 nitrogen and oxygen atoms in total. The molecule has 0 saturated carbocycles. The predicted molar refractivity (Wildman–Crippen MR) is 64.4 cm³/mol. The number of furan rings is 1. The Kier molecular flexibility index (Phi) is 3.50. The Labute approximate surface area is 104 Å². The van der Waals surface area contributed by atoms with E-state index in [-0.39, 0.29) is 5.82 Å². The van der Waals surface area contributed by atoms with Crippen LogP contribution in [0, 0.1) is 5.82 Å². The highest BCUT2D eigenvalue weighted by Gasteiger charge is 2.13. The van der Waals surface area contributed by atoms with Crippen LogP contribution in [0.25, 0.3) is 11.3 Å². The first-order valence-electron chi connectivity index (χ1n) is 5.35. The van der Waals surface area contributed by atoms with Crippen LogP contribution in [0.2, 0.25) is 5.02 Å². The minimum absolute atomic E-state index is 0.376. The molecular formula is C13H12ClFO2. The Hall–Kier alpha value is -1.32. The van der Waals surface area contributed by atoms with Gasteiger partial charge in [-0.25, -0.2) is 4.39 Å². The van der Waals surface area contributed by atoms with Gasteiger partial charge in [0.25, 0.3) is 0 Å². The molecule has 1 atom stereocenters. The van der Waals surface area contributed by atoms with Crippen LogP contribution in [-0.4, -0.2) is 5.11 Å². The standard InChI is InChI=1S/C13H12ClFO2/c1-2-11(16)13-6-5-12(17-13)9-7-8(15)3-4-10(9)14/h3-7,11,16H,2H2,1H3. The fourth-order valence-electron chi connectivity index (χ4n) is 1.56. The van der Waals surface area contributed by atoms with Crippen LogP contribution in [-0.2, 0) is 0 Å². The maximum atomic E-state index is 13.1. The topological polar surface area (TPSA) is 33.4 Å². The summed E-state index contributed by atoms with van der Waals surface area (Å²) < 4.78 is 18.6. The van der Waals surface area contributed by atoms with Gasteiger partial charge in [0.15, 0.2) is 0 Å². The van der Waals surface area contributed by atoms with Gasteiger partial charge in [0.05, 0.1) is 5.02 Å². The first kappa shape index (κ1) is 12.1. The summed E-state index contributed by atoms with van der Waals surface area (Å²) in [5, 5.41) is 10.0. The molecule has 0 fully saturated rings. The van der Waals surface area contributed by atoms with Crippen molar-refractivity contribution in [1.29, 1.82) is 0 Å². The van der Waals surface area contributed by atoms with Crippen LogP contribution in [0.3, 0.4) is 0 Å². The van der Waals surface area contributed by atoms with Crippen LogP contribution in [0.4, 0.5) is 4.39 Å². The summed E-state index contributed by atoms with van der Waals surface area (Å²) in [6.45, 7) is 1.85. The molecule has 4 heteroatoms. The van der Waals surface area contributed by atoms with E-state index in [2.05, 4.69) is 0 Å². The Balaban J connectivity index is 2.40. The number of hydrogen-bond acceptors (Lipinski definition) is 2. The molecular weight excluding hydrogens is 243 g/mol. The van der Waals surface area contributed by atoms with Crippen molar-refractivity contribution in [2.24, 2.45) is 0 Å². The van der Waals surface area contributed by atoms with Gasteiger partial charge in [-0.2, -0.15) is 0 Å². The first-order chi connectivity index (χ1) is 8.11. The predicted octanol–water partition coefficient (Wildman–Crippen LogP) is 4.18. The molecule has 0 spiro atoms. The summed E-state index contributed by atoms with van der Waals surface area (Å²) in [5.74, 6) is 0.540. The molecule has 17 heavy (non-hydrogen) atoms. The van der Waals surface area contributed by atoms with E-state index in [1.807, 2.05) is 6.92 Å². The summed E-state index contributed by atoms with van der Waals surface area (Å²) in [6.07, 6.45) is -0.0832. The zero-order valence-corrected chi connectivity index (χ0v) is 10.0. The number of hydrogen-bond donors (Lipinski definition) is 1. The van der Waals surface area contributed by atoms with Crippen molar-refractivity contribution in [3.63, 3.8) is 0 Å².